The number of aromatic nitrogens is 2. The first-order valence-corrected chi connectivity index (χ1v) is 7.48. The predicted molar refractivity (Wildman–Crippen MR) is 75.3 cm³/mol. The largest absolute Gasteiger partial charge is 0.381 e. The summed E-state index contributed by atoms with van der Waals surface area (Å²) in [5, 5.41) is 3.43. The van der Waals surface area contributed by atoms with Crippen molar-refractivity contribution in [1.82, 2.24) is 15.3 Å². The van der Waals surface area contributed by atoms with Gasteiger partial charge in [-0.3, -0.25) is 0 Å². The monoisotopic (exact) mass is 277 g/mol. The van der Waals surface area contributed by atoms with E-state index in [1.807, 2.05) is 19.3 Å². The van der Waals surface area contributed by atoms with E-state index in [2.05, 4.69) is 15.3 Å². The summed E-state index contributed by atoms with van der Waals surface area (Å²) in [5.74, 6) is 0.557. The van der Waals surface area contributed by atoms with Crippen LogP contribution in [-0.4, -0.2) is 42.4 Å². The van der Waals surface area contributed by atoms with Gasteiger partial charge in [-0.25, -0.2) is 9.97 Å². The van der Waals surface area contributed by atoms with Crippen LogP contribution in [0.1, 0.15) is 37.4 Å². The minimum Gasteiger partial charge on any atom is -0.381 e. The lowest BCUT2D eigenvalue weighted by Crippen LogP contribution is -2.46. The molecule has 2 aliphatic rings. The van der Waals surface area contributed by atoms with Gasteiger partial charge in [0, 0.05) is 26.0 Å². The number of nitrogens with zero attached hydrogens (tertiary/aromatic N) is 2. The Kier molecular flexibility index (Phi) is 4.29. The second-order valence-electron chi connectivity index (χ2n) is 5.80. The van der Waals surface area contributed by atoms with Crippen LogP contribution in [0, 0.1) is 5.92 Å². The predicted octanol–water partition coefficient (Wildman–Crippen LogP) is 1.71. The summed E-state index contributed by atoms with van der Waals surface area (Å²) < 4.78 is 11.6. The van der Waals surface area contributed by atoms with Gasteiger partial charge in [0.2, 0.25) is 0 Å². The minimum absolute atomic E-state index is 0.0310. The summed E-state index contributed by atoms with van der Waals surface area (Å²) in [6, 6.07) is 2.29. The average Bonchev–Trinajstić information content (AvgIpc) is 2.50. The molecule has 1 spiro atoms. The lowest BCUT2D eigenvalue weighted by atomic mass is 9.77. The van der Waals surface area contributed by atoms with E-state index in [0.29, 0.717) is 5.92 Å². The smallest absolute Gasteiger partial charge is 0.115 e. The first kappa shape index (κ1) is 13.9. The molecule has 1 aromatic heterocycles. The van der Waals surface area contributed by atoms with Crippen molar-refractivity contribution in [1.29, 1.82) is 0 Å². The molecule has 110 valence electrons. The van der Waals surface area contributed by atoms with Crippen molar-refractivity contribution in [3.63, 3.8) is 0 Å². The second kappa shape index (κ2) is 6.16. The lowest BCUT2D eigenvalue weighted by molar-refractivity contribution is -0.150. The molecule has 5 nitrogen and oxygen atoms in total. The Labute approximate surface area is 120 Å². The molecule has 0 aliphatic carbocycles. The van der Waals surface area contributed by atoms with Gasteiger partial charge in [0.1, 0.15) is 6.33 Å². The van der Waals surface area contributed by atoms with Gasteiger partial charge in [0.05, 0.1) is 17.3 Å². The lowest BCUT2D eigenvalue weighted by Gasteiger charge is -2.45. The first-order valence-electron chi connectivity index (χ1n) is 7.48. The van der Waals surface area contributed by atoms with E-state index in [1.165, 1.54) is 0 Å². The maximum Gasteiger partial charge on any atom is 0.115 e. The summed E-state index contributed by atoms with van der Waals surface area (Å²) in [6.07, 6.45) is 7.65. The van der Waals surface area contributed by atoms with E-state index in [4.69, 9.17) is 9.47 Å². The zero-order valence-electron chi connectivity index (χ0n) is 12.0. The van der Waals surface area contributed by atoms with Crippen LogP contribution in [0.3, 0.4) is 0 Å². The molecule has 3 rings (SSSR count). The molecule has 0 bridgehead atoms. The molecule has 0 aromatic carbocycles. The minimum atomic E-state index is 0.0310. The Balaban J connectivity index is 1.75. The highest BCUT2D eigenvalue weighted by atomic mass is 16.5. The first-order chi connectivity index (χ1) is 9.83. The summed E-state index contributed by atoms with van der Waals surface area (Å²) in [7, 11) is 2.01. The van der Waals surface area contributed by atoms with Crippen LogP contribution in [0.2, 0.25) is 0 Å². The molecule has 2 atom stereocenters. The van der Waals surface area contributed by atoms with Gasteiger partial charge >= 0.3 is 0 Å². The van der Waals surface area contributed by atoms with Crippen molar-refractivity contribution < 1.29 is 9.47 Å². The Morgan fingerprint density at radius 1 is 1.35 bits per heavy atom. The average molecular weight is 277 g/mol. The van der Waals surface area contributed by atoms with Gasteiger partial charge in [-0.15, -0.1) is 0 Å². The fourth-order valence-corrected chi connectivity index (χ4v) is 3.55. The molecule has 3 heterocycles. The van der Waals surface area contributed by atoms with Crippen molar-refractivity contribution in [2.24, 2.45) is 5.92 Å². The number of rotatable bonds is 3. The molecule has 0 saturated carbocycles. The molecular weight excluding hydrogens is 254 g/mol. The zero-order valence-corrected chi connectivity index (χ0v) is 12.0. The van der Waals surface area contributed by atoms with Gasteiger partial charge in [-0.2, -0.15) is 0 Å². The van der Waals surface area contributed by atoms with Crippen LogP contribution in [0.15, 0.2) is 18.6 Å². The van der Waals surface area contributed by atoms with Crippen LogP contribution in [0.4, 0.5) is 0 Å². The highest BCUT2D eigenvalue weighted by Crippen LogP contribution is 2.41. The van der Waals surface area contributed by atoms with Gasteiger partial charge < -0.3 is 14.8 Å². The van der Waals surface area contributed by atoms with Crippen molar-refractivity contribution >= 4 is 0 Å². The van der Waals surface area contributed by atoms with Crippen LogP contribution in [0.25, 0.3) is 0 Å². The number of hydrogen-bond acceptors (Lipinski definition) is 5. The van der Waals surface area contributed by atoms with E-state index >= 15 is 0 Å². The SMILES string of the molecule is CNC(c1ccncn1)C1CCOC2(CCOCC2)C1. The Bertz CT molecular complexity index is 415. The molecule has 2 fully saturated rings. The maximum atomic E-state index is 6.13. The summed E-state index contributed by atoms with van der Waals surface area (Å²) >= 11 is 0. The van der Waals surface area contributed by atoms with E-state index in [9.17, 15) is 0 Å². The topological polar surface area (TPSA) is 56.3 Å². The van der Waals surface area contributed by atoms with Gasteiger partial charge in [0.15, 0.2) is 0 Å². The molecule has 20 heavy (non-hydrogen) atoms. The summed E-state index contributed by atoms with van der Waals surface area (Å²) in [5.41, 5.74) is 1.11. The molecule has 0 radical (unpaired) electrons. The number of ether oxygens (including phenoxy) is 2. The third-order valence-corrected chi connectivity index (χ3v) is 4.64. The van der Waals surface area contributed by atoms with Gasteiger partial charge in [-0.1, -0.05) is 0 Å². The Morgan fingerprint density at radius 2 is 2.20 bits per heavy atom. The highest BCUT2D eigenvalue weighted by molar-refractivity contribution is 5.08. The van der Waals surface area contributed by atoms with E-state index < -0.39 is 0 Å². The summed E-state index contributed by atoms with van der Waals surface area (Å²) in [4.78, 5) is 8.43. The fraction of sp³-hybridized carbons (Fsp3) is 0.733. The molecule has 1 aromatic rings. The van der Waals surface area contributed by atoms with E-state index in [0.717, 1.165) is 51.2 Å². The van der Waals surface area contributed by atoms with Crippen LogP contribution >= 0.6 is 0 Å². The van der Waals surface area contributed by atoms with E-state index in [-0.39, 0.29) is 11.6 Å². The highest BCUT2D eigenvalue weighted by Gasteiger charge is 2.41. The quantitative estimate of drug-likeness (QED) is 0.911. The van der Waals surface area contributed by atoms with E-state index in [1.54, 1.807) is 6.33 Å². The molecule has 0 amide bonds. The van der Waals surface area contributed by atoms with Crippen LogP contribution in [-0.2, 0) is 9.47 Å². The normalized spacial score (nSPS) is 27.4. The standard InChI is InChI=1S/C15H23N3O2/c1-16-14(13-2-6-17-11-18-13)12-3-7-20-15(10-12)4-8-19-9-5-15/h2,6,11-12,14,16H,3-5,7-10H2,1H3. The number of hydrogen-bond donors (Lipinski definition) is 1. The number of nitrogens with one attached hydrogen (secondary N) is 1. The van der Waals surface area contributed by atoms with Crippen LogP contribution < -0.4 is 5.32 Å². The molecule has 1 N–H and O–H groups in total. The van der Waals surface area contributed by atoms with Crippen molar-refractivity contribution in [3.05, 3.63) is 24.3 Å². The molecule has 2 saturated heterocycles. The second-order valence-corrected chi connectivity index (χ2v) is 5.80. The third kappa shape index (κ3) is 2.85. The third-order valence-electron chi connectivity index (χ3n) is 4.64. The molecule has 5 heteroatoms. The fourth-order valence-electron chi connectivity index (χ4n) is 3.55. The van der Waals surface area contributed by atoms with Crippen molar-refractivity contribution in [2.75, 3.05) is 26.9 Å². The molecular formula is C15H23N3O2. The Hall–Kier alpha value is -1.04. The summed E-state index contributed by atoms with van der Waals surface area (Å²) in [6.45, 7) is 2.49. The van der Waals surface area contributed by atoms with Crippen LogP contribution in [0.5, 0.6) is 0 Å². The van der Waals surface area contributed by atoms with Crippen molar-refractivity contribution in [3.8, 4) is 0 Å². The zero-order chi connectivity index (χ0) is 13.8. The molecule has 2 aliphatic heterocycles. The van der Waals surface area contributed by atoms with Gasteiger partial charge in [-0.05, 0) is 44.7 Å². The van der Waals surface area contributed by atoms with Crippen molar-refractivity contribution in [2.45, 2.75) is 37.3 Å². The van der Waals surface area contributed by atoms with Gasteiger partial charge in [0.25, 0.3) is 0 Å². The molecule has 2 unspecified atom stereocenters. The Morgan fingerprint density at radius 3 is 2.90 bits per heavy atom. The maximum absolute atomic E-state index is 6.13.